The molecule has 1 aliphatic rings. The van der Waals surface area contributed by atoms with E-state index in [-0.39, 0.29) is 29.8 Å². The molecule has 3 aromatic rings. The first-order chi connectivity index (χ1) is 16.0. The second-order valence-corrected chi connectivity index (χ2v) is 8.58. The summed E-state index contributed by atoms with van der Waals surface area (Å²) in [6.07, 6.45) is 6.80. The molecule has 172 valence electrons. The molecule has 1 saturated carbocycles. The topological polar surface area (TPSA) is 29.5 Å². The molecule has 0 bridgehead atoms. The van der Waals surface area contributed by atoms with Crippen LogP contribution in [0.15, 0.2) is 54.6 Å². The maximum atomic E-state index is 14.9. The highest BCUT2D eigenvalue weighted by molar-refractivity contribution is 5.72. The minimum atomic E-state index is -0.825. The number of rotatable bonds is 6. The van der Waals surface area contributed by atoms with E-state index in [1.807, 2.05) is 18.2 Å². The fraction of sp³-hybridized carbons (Fsp3) is 0.286. The smallest absolute Gasteiger partial charge is 0.166 e. The molecule has 0 aliphatic heterocycles. The summed E-state index contributed by atoms with van der Waals surface area (Å²) in [6, 6.07) is 15.2. The Hall–Kier alpha value is -3.05. The molecule has 0 heterocycles. The number of methoxy groups -OCH3 is 1. The normalized spacial score (nSPS) is 18.6. The highest BCUT2D eigenvalue weighted by atomic mass is 19.2. The molecule has 5 heteroatoms. The van der Waals surface area contributed by atoms with Crippen LogP contribution in [0.5, 0.6) is 5.75 Å². The summed E-state index contributed by atoms with van der Waals surface area (Å²) < 4.78 is 48.6. The molecule has 1 N–H and O–H groups in total. The largest absolute Gasteiger partial charge is 0.494 e. The first-order valence-electron chi connectivity index (χ1n) is 11.2. The van der Waals surface area contributed by atoms with Crippen LogP contribution < -0.4 is 4.74 Å². The van der Waals surface area contributed by atoms with E-state index < -0.39 is 17.5 Å². The summed E-state index contributed by atoms with van der Waals surface area (Å²) in [6.45, 7) is 0.157. The van der Waals surface area contributed by atoms with Gasteiger partial charge in [-0.1, -0.05) is 54.6 Å². The molecular formula is C28H27F3O2. The fourth-order valence-electron chi connectivity index (χ4n) is 4.51. The van der Waals surface area contributed by atoms with Crippen molar-refractivity contribution in [3.05, 3.63) is 88.7 Å². The third kappa shape index (κ3) is 5.14. The van der Waals surface area contributed by atoms with Gasteiger partial charge in [-0.3, -0.25) is 0 Å². The Morgan fingerprint density at radius 3 is 2.15 bits per heavy atom. The first kappa shape index (κ1) is 23.1. The molecule has 0 aromatic heterocycles. The van der Waals surface area contributed by atoms with Crippen LogP contribution >= 0.6 is 0 Å². The highest BCUT2D eigenvalue weighted by Crippen LogP contribution is 2.38. The van der Waals surface area contributed by atoms with Gasteiger partial charge in [0.25, 0.3) is 0 Å². The maximum Gasteiger partial charge on any atom is 0.166 e. The van der Waals surface area contributed by atoms with Gasteiger partial charge in [-0.05, 0) is 71.9 Å². The van der Waals surface area contributed by atoms with Crippen molar-refractivity contribution in [3.8, 4) is 16.9 Å². The molecule has 0 atom stereocenters. The highest BCUT2D eigenvalue weighted by Gasteiger charge is 2.26. The minimum Gasteiger partial charge on any atom is -0.494 e. The van der Waals surface area contributed by atoms with Gasteiger partial charge in [-0.25, -0.2) is 13.2 Å². The second kappa shape index (κ2) is 10.3. The van der Waals surface area contributed by atoms with Crippen LogP contribution in [0.25, 0.3) is 23.3 Å². The molecule has 2 nitrogen and oxygen atoms in total. The van der Waals surface area contributed by atoms with Gasteiger partial charge in [0.1, 0.15) is 0 Å². The molecule has 33 heavy (non-hydrogen) atoms. The number of hydrogen-bond acceptors (Lipinski definition) is 2. The standard InChI is InChI=1S/C28H27F3O2/c1-33-26-15-8-19(16-25(26)29)3-2-18-4-9-21(10-5-18)23-13-14-24(28(31)27(23)30)22-11-6-20(17-32)7-12-22/h2-5,8-10,13-16,20,22,32H,6-7,11-12,17H2,1H3/b3-2+. The van der Waals surface area contributed by atoms with Gasteiger partial charge in [-0.2, -0.15) is 0 Å². The second-order valence-electron chi connectivity index (χ2n) is 8.58. The van der Waals surface area contributed by atoms with Crippen molar-refractivity contribution in [2.75, 3.05) is 13.7 Å². The van der Waals surface area contributed by atoms with E-state index in [0.29, 0.717) is 16.7 Å². The molecule has 0 radical (unpaired) electrons. The molecule has 0 amide bonds. The van der Waals surface area contributed by atoms with Crippen molar-refractivity contribution in [3.63, 3.8) is 0 Å². The van der Waals surface area contributed by atoms with Crippen LogP contribution in [0, 0.1) is 23.4 Å². The molecule has 1 aliphatic carbocycles. The molecule has 4 rings (SSSR count). The SMILES string of the molecule is COc1ccc(/C=C/c2ccc(-c3ccc(C4CCC(CO)CC4)c(F)c3F)cc2)cc1F. The number of aliphatic hydroxyl groups excluding tert-OH is 1. The fourth-order valence-corrected chi connectivity index (χ4v) is 4.51. The zero-order valence-corrected chi connectivity index (χ0v) is 18.5. The van der Waals surface area contributed by atoms with Gasteiger partial charge in [0, 0.05) is 12.2 Å². The van der Waals surface area contributed by atoms with Crippen LogP contribution in [-0.4, -0.2) is 18.8 Å². The van der Waals surface area contributed by atoms with Crippen molar-refractivity contribution in [2.24, 2.45) is 5.92 Å². The van der Waals surface area contributed by atoms with E-state index >= 15 is 0 Å². The number of halogens is 3. The lowest BCUT2D eigenvalue weighted by molar-refractivity contribution is 0.181. The van der Waals surface area contributed by atoms with Crippen molar-refractivity contribution >= 4 is 12.2 Å². The molecule has 3 aromatic carbocycles. The lowest BCUT2D eigenvalue weighted by Gasteiger charge is -2.28. The van der Waals surface area contributed by atoms with Crippen LogP contribution in [-0.2, 0) is 0 Å². The van der Waals surface area contributed by atoms with Crippen molar-refractivity contribution in [1.82, 2.24) is 0 Å². The molecular weight excluding hydrogens is 425 g/mol. The van der Waals surface area contributed by atoms with Gasteiger partial charge in [-0.15, -0.1) is 0 Å². The zero-order chi connectivity index (χ0) is 23.4. The predicted octanol–water partition coefficient (Wildman–Crippen LogP) is 7.22. The van der Waals surface area contributed by atoms with E-state index in [1.54, 1.807) is 42.5 Å². The van der Waals surface area contributed by atoms with E-state index in [0.717, 1.165) is 31.2 Å². The van der Waals surface area contributed by atoms with Crippen LogP contribution in [0.1, 0.15) is 48.3 Å². The Labute approximate surface area is 192 Å². The Bertz CT molecular complexity index is 1130. The van der Waals surface area contributed by atoms with E-state index in [1.165, 1.54) is 13.2 Å². The number of aliphatic hydroxyl groups is 1. The van der Waals surface area contributed by atoms with Crippen LogP contribution in [0.2, 0.25) is 0 Å². The van der Waals surface area contributed by atoms with Crippen molar-refractivity contribution in [2.45, 2.75) is 31.6 Å². The van der Waals surface area contributed by atoms with E-state index in [9.17, 15) is 18.3 Å². The quantitative estimate of drug-likeness (QED) is 0.400. The van der Waals surface area contributed by atoms with Gasteiger partial charge in [0.2, 0.25) is 0 Å². The monoisotopic (exact) mass is 452 g/mol. The first-order valence-corrected chi connectivity index (χ1v) is 11.2. The summed E-state index contributed by atoms with van der Waals surface area (Å²) in [5.74, 6) is -1.58. The maximum absolute atomic E-state index is 14.9. The summed E-state index contributed by atoms with van der Waals surface area (Å²) >= 11 is 0. The number of benzene rings is 3. The summed E-state index contributed by atoms with van der Waals surface area (Å²) in [7, 11) is 1.42. The Morgan fingerprint density at radius 1 is 0.848 bits per heavy atom. The van der Waals surface area contributed by atoms with Gasteiger partial charge in [0.05, 0.1) is 7.11 Å². The third-order valence-corrected chi connectivity index (χ3v) is 6.52. The summed E-state index contributed by atoms with van der Waals surface area (Å²) in [5, 5.41) is 9.29. The number of hydrogen-bond donors (Lipinski definition) is 1. The lowest BCUT2D eigenvalue weighted by atomic mass is 9.78. The Balaban J connectivity index is 1.49. The molecule has 1 fully saturated rings. The number of ether oxygens (including phenoxy) is 1. The van der Waals surface area contributed by atoms with Gasteiger partial charge in [0.15, 0.2) is 23.2 Å². The summed E-state index contributed by atoms with van der Waals surface area (Å²) in [5.41, 5.74) is 2.80. The average molecular weight is 453 g/mol. The van der Waals surface area contributed by atoms with Crippen molar-refractivity contribution in [1.29, 1.82) is 0 Å². The van der Waals surface area contributed by atoms with Crippen molar-refractivity contribution < 1.29 is 23.0 Å². The average Bonchev–Trinajstić information content (AvgIpc) is 2.85. The van der Waals surface area contributed by atoms with Crippen LogP contribution in [0.3, 0.4) is 0 Å². The molecule has 0 unspecified atom stereocenters. The third-order valence-electron chi connectivity index (χ3n) is 6.52. The van der Waals surface area contributed by atoms with Gasteiger partial charge >= 0.3 is 0 Å². The van der Waals surface area contributed by atoms with Crippen LogP contribution in [0.4, 0.5) is 13.2 Å². The van der Waals surface area contributed by atoms with Gasteiger partial charge < -0.3 is 9.84 Å². The van der Waals surface area contributed by atoms with E-state index in [2.05, 4.69) is 0 Å². The minimum absolute atomic E-state index is 0.00773. The Morgan fingerprint density at radius 2 is 1.52 bits per heavy atom. The predicted molar refractivity (Wildman–Crippen MR) is 125 cm³/mol. The zero-order valence-electron chi connectivity index (χ0n) is 18.5. The molecule has 0 spiro atoms. The summed E-state index contributed by atoms with van der Waals surface area (Å²) in [4.78, 5) is 0. The lowest BCUT2D eigenvalue weighted by Crippen LogP contribution is -2.17. The Kier molecular flexibility index (Phi) is 7.19. The van der Waals surface area contributed by atoms with E-state index in [4.69, 9.17) is 4.74 Å². The molecule has 0 saturated heterocycles.